The van der Waals surface area contributed by atoms with Crippen LogP contribution in [0.2, 0.25) is 0 Å². The van der Waals surface area contributed by atoms with Gasteiger partial charge in [0.05, 0.1) is 47.7 Å². The number of alkyl halides is 5. The maximum atomic E-state index is 14.1. The summed E-state index contributed by atoms with van der Waals surface area (Å²) in [6.07, 6.45) is 11.5. The van der Waals surface area contributed by atoms with Crippen LogP contribution in [-0.4, -0.2) is 95.1 Å². The summed E-state index contributed by atoms with van der Waals surface area (Å²) in [6.45, 7) is 0.491. The van der Waals surface area contributed by atoms with Crippen LogP contribution in [0.25, 0.3) is 0 Å². The van der Waals surface area contributed by atoms with E-state index < -0.39 is 96.3 Å². The predicted molar refractivity (Wildman–Crippen MR) is 205 cm³/mol. The van der Waals surface area contributed by atoms with Gasteiger partial charge in [0.1, 0.15) is 29.7 Å². The van der Waals surface area contributed by atoms with Gasteiger partial charge in [-0.3, -0.25) is 15.1 Å². The van der Waals surface area contributed by atoms with Gasteiger partial charge in [-0.2, -0.15) is 30.6 Å². The van der Waals surface area contributed by atoms with E-state index >= 15 is 0 Å². The number of carbonyl (C=O) groups excluding carboxylic acids is 3. The van der Waals surface area contributed by atoms with Crippen LogP contribution in [0.15, 0.2) is 0 Å². The molecule has 12 bridgehead atoms. The minimum atomic E-state index is -4.08. The molecule has 7 atom stereocenters. The van der Waals surface area contributed by atoms with Crippen molar-refractivity contribution < 1.29 is 115 Å². The number of ether oxygens (including phenoxy) is 3. The molecule has 0 saturated heterocycles. The second kappa shape index (κ2) is 19.0. The second-order valence-electron chi connectivity index (χ2n) is 21.2. The second-order valence-corrected chi connectivity index (χ2v) is 23.9. The highest BCUT2D eigenvalue weighted by Gasteiger charge is 2.64. The zero-order valence-electron chi connectivity index (χ0n) is 35.6. The fraction of sp³-hybridized carbons (Fsp3) is 0.923. The van der Waals surface area contributed by atoms with Crippen molar-refractivity contribution in [2.45, 2.75) is 166 Å². The molecule has 0 aromatic rings. The Kier molecular flexibility index (Phi) is 15.1. The first-order valence-electron chi connectivity index (χ1n) is 21.5. The third kappa shape index (κ3) is 11.8. The van der Waals surface area contributed by atoms with E-state index in [1.54, 1.807) is 0 Å². The van der Waals surface area contributed by atoms with Crippen LogP contribution in [-0.2, 0) is 56.7 Å². The largest absolute Gasteiger partial charge is 0.691 e. The van der Waals surface area contributed by atoms with E-state index in [9.17, 15) is 72.5 Å². The normalized spacial score (nSPS) is 41.9. The summed E-state index contributed by atoms with van der Waals surface area (Å²) < 4.78 is 93.3. The van der Waals surface area contributed by atoms with Gasteiger partial charge in [-0.25, -0.2) is 18.8 Å². The van der Waals surface area contributed by atoms with Crippen LogP contribution in [0.3, 0.4) is 0 Å². The number of hydrogen-bond donors (Lipinski definition) is 4. The van der Waals surface area contributed by atoms with E-state index in [4.69, 9.17) is 14.2 Å². The summed E-state index contributed by atoms with van der Waals surface area (Å²) in [5, 5.41) is 69.1. The summed E-state index contributed by atoms with van der Waals surface area (Å²) in [5.74, 6) is -3.24. The van der Waals surface area contributed by atoms with Crippen LogP contribution >= 0.6 is 36.1 Å². The Morgan fingerprint density at radius 3 is 1.32 bits per heavy atom. The molecule has 0 aliphatic heterocycles. The predicted octanol–water partition coefficient (Wildman–Crippen LogP) is 2.94. The molecule has 19 nitrogen and oxygen atoms in total. The molecule has 0 amide bonds. The minimum Gasteiger partial charge on any atom is -0.691 e. The van der Waals surface area contributed by atoms with Gasteiger partial charge in [0, 0.05) is 23.7 Å². The van der Waals surface area contributed by atoms with Crippen molar-refractivity contribution in [1.29, 1.82) is 0 Å². The number of carbonyl (C=O) groups is 3. The molecule has 378 valence electrons. The summed E-state index contributed by atoms with van der Waals surface area (Å²) in [5.41, 5.74) is -5.50. The molecule has 0 radical (unpaired) electrons. The van der Waals surface area contributed by atoms with E-state index in [1.807, 2.05) is 0 Å². The first-order chi connectivity index (χ1) is 30.6. The molecular formula is C39H52F5O19S3-3. The van der Waals surface area contributed by atoms with Crippen molar-refractivity contribution in [3.05, 3.63) is 0 Å². The Morgan fingerprint density at radius 2 is 0.894 bits per heavy atom. The zero-order chi connectivity index (χ0) is 48.2. The van der Waals surface area contributed by atoms with Gasteiger partial charge < -0.3 is 50.4 Å². The smallest absolute Gasteiger partial charge is 0.415 e. The Balaban J connectivity index is 0.000000147. The lowest BCUT2D eigenvalue weighted by Crippen LogP contribution is -2.64. The Hall–Kier alpha value is -1.41. The first kappa shape index (κ1) is 52.4. The van der Waals surface area contributed by atoms with Crippen molar-refractivity contribution in [3.63, 3.8) is 0 Å². The number of aliphatic hydroxyl groups is 4. The van der Waals surface area contributed by atoms with Gasteiger partial charge in [-0.05, 0) is 139 Å². The van der Waals surface area contributed by atoms with Crippen LogP contribution in [0, 0.1) is 40.4 Å². The molecule has 66 heavy (non-hydrogen) atoms. The lowest BCUT2D eigenvalue weighted by Gasteiger charge is -2.62. The molecule has 27 heteroatoms. The van der Waals surface area contributed by atoms with Crippen molar-refractivity contribution in [2.24, 2.45) is 40.4 Å². The van der Waals surface area contributed by atoms with E-state index in [0.29, 0.717) is 81.5 Å². The summed E-state index contributed by atoms with van der Waals surface area (Å²) >= 11 is -1.45. The van der Waals surface area contributed by atoms with Gasteiger partial charge in [0.25, 0.3) is 5.00 Å². The Bertz CT molecular complexity index is 1760. The average molecular weight is 1020 g/mol. The molecule has 12 aliphatic rings. The summed E-state index contributed by atoms with van der Waals surface area (Å²) in [7, 11) is 0. The third-order valence-corrected chi connectivity index (χ3v) is 16.6. The highest BCUT2D eigenvalue weighted by molar-refractivity contribution is 7.96. The van der Waals surface area contributed by atoms with Crippen molar-refractivity contribution in [1.82, 2.24) is 0 Å². The summed E-state index contributed by atoms with van der Waals surface area (Å²) in [6, 6.07) is 0. The maximum absolute atomic E-state index is 14.1. The summed E-state index contributed by atoms with van der Waals surface area (Å²) in [4.78, 5) is 34.9. The van der Waals surface area contributed by atoms with Crippen LogP contribution in [0.1, 0.15) is 122 Å². The molecular weight excluding hydrogens is 964 g/mol. The van der Waals surface area contributed by atoms with E-state index in [2.05, 4.69) is 28.1 Å². The van der Waals surface area contributed by atoms with Crippen molar-refractivity contribution in [3.8, 4) is 0 Å². The quantitative estimate of drug-likeness (QED) is 0.0407. The third-order valence-electron chi connectivity index (χ3n) is 15.0. The zero-order valence-corrected chi connectivity index (χ0v) is 38.0. The Labute approximate surface area is 387 Å². The molecule has 7 unspecified atom stereocenters. The lowest BCUT2D eigenvalue weighted by molar-refractivity contribution is -0.777. The molecule has 12 fully saturated rings. The fourth-order valence-corrected chi connectivity index (χ4v) is 15.4. The van der Waals surface area contributed by atoms with E-state index in [-0.39, 0.29) is 37.6 Å². The molecule has 12 aliphatic carbocycles. The van der Waals surface area contributed by atoms with Gasteiger partial charge in [0.15, 0.2) is 0 Å². The molecule has 12 saturated carbocycles. The van der Waals surface area contributed by atoms with Gasteiger partial charge >= 0.3 is 28.4 Å². The van der Waals surface area contributed by atoms with Gasteiger partial charge in [0.2, 0.25) is 0 Å². The highest BCUT2D eigenvalue weighted by atomic mass is 32.2. The molecule has 0 spiro atoms. The standard InChI is InChI=1S/C13H18F2O7S.C13H18F2O6S.C13H19FO6S/c14-13(15,23-22-21-19)9(16)20-7-10-1-8-2-11(17,4-10)6-12(18,3-8)5-10;14-13(15,22-21-20-18)10(16)19-7-11-2-8-1-9(3-11)5-12(17,4-8)6-11;1-11(14,21-20-19-17)10(15)18-13-5-8-2-9(6-13)4-12(16,3-8)7-13/h8,17-19H,1-7H2;8-9,17-18H,1-7H2;8-9,16-17H,2-7H2,1H3/p-3. The van der Waals surface area contributed by atoms with Gasteiger partial charge in [-0.1, -0.05) is 0 Å². The number of esters is 3. The monoisotopic (exact) mass is 1020 g/mol. The van der Waals surface area contributed by atoms with Crippen molar-refractivity contribution >= 4 is 54.0 Å². The Morgan fingerprint density at radius 1 is 0.515 bits per heavy atom. The van der Waals surface area contributed by atoms with E-state index in [1.165, 1.54) is 0 Å². The highest BCUT2D eigenvalue weighted by Crippen LogP contribution is 2.64. The SMILES string of the molecule is CC(F)(SOO[O-])C(=O)OC12CC3CC(CC(O)(C3)C1)C2.O=C(OCC12CC3CC(CC(O)(C3)C1)C2)C(F)(F)SOO[O-].O=C(OCC12CC3CC(O)(CC(O)(C3)C1)C2)C(F)(F)SOO[O-]. The topological polar surface area (TPSA) is 284 Å². The number of rotatable bonds is 17. The molecule has 0 heterocycles. The molecule has 4 N–H and O–H groups in total. The first-order valence-corrected chi connectivity index (χ1v) is 23.7. The minimum absolute atomic E-state index is 0.0239. The van der Waals surface area contributed by atoms with Gasteiger partial charge in [-0.15, -0.1) is 0 Å². The maximum Gasteiger partial charge on any atom is 0.415 e. The molecule has 12 rings (SSSR count). The average Bonchev–Trinajstić information content (AvgIpc) is 3.17. The fourth-order valence-electron chi connectivity index (χ4n) is 14.7. The molecule has 0 aromatic heterocycles. The van der Waals surface area contributed by atoms with Crippen LogP contribution in [0.4, 0.5) is 22.0 Å². The lowest BCUT2D eigenvalue weighted by atomic mass is 9.46. The number of halogens is 5. The van der Waals surface area contributed by atoms with Crippen molar-refractivity contribution in [2.75, 3.05) is 13.2 Å². The molecule has 0 aromatic carbocycles. The van der Waals surface area contributed by atoms with E-state index in [0.717, 1.165) is 58.3 Å². The van der Waals surface area contributed by atoms with Crippen LogP contribution in [0.5, 0.6) is 0 Å². The number of hydrogen-bond acceptors (Lipinski definition) is 22. The van der Waals surface area contributed by atoms with Crippen LogP contribution < -0.4 is 15.8 Å².